The maximum absolute atomic E-state index is 12.9. The van der Waals surface area contributed by atoms with E-state index in [2.05, 4.69) is 5.10 Å². The monoisotopic (exact) mass is 395 g/mol. The van der Waals surface area contributed by atoms with Gasteiger partial charge >= 0.3 is 0 Å². The molecule has 152 valence electrons. The molecule has 8 nitrogen and oxygen atoms in total. The standard InChI is InChI=1S/C21H25N5O3/c1-13-11-25(21(29)15-3-4-15)19-9-16(5-6-18(19)26(13)14(2)27)17-10-23-24(12-17)8-7-20(22)28/h5-6,9-10,12-13,15H,3-4,7-8,11H2,1-2H3,(H2,22,28)/t13-/m0/s1. The van der Waals surface area contributed by atoms with Crippen molar-refractivity contribution >= 4 is 29.1 Å². The smallest absolute Gasteiger partial charge is 0.230 e. The van der Waals surface area contributed by atoms with Gasteiger partial charge in [0.25, 0.3) is 0 Å². The van der Waals surface area contributed by atoms with Crippen LogP contribution in [0.25, 0.3) is 11.1 Å². The summed E-state index contributed by atoms with van der Waals surface area (Å²) in [5.74, 6) is -0.178. The molecule has 2 N–H and O–H groups in total. The summed E-state index contributed by atoms with van der Waals surface area (Å²) >= 11 is 0. The summed E-state index contributed by atoms with van der Waals surface area (Å²) in [4.78, 5) is 39.7. The SMILES string of the molecule is CC(=O)N1c2ccc(-c3cnn(CCC(N)=O)c3)cc2N(C(=O)C2CC2)C[C@@H]1C. The normalized spacial score (nSPS) is 18.5. The first-order valence-electron chi connectivity index (χ1n) is 9.91. The molecule has 0 bridgehead atoms. The summed E-state index contributed by atoms with van der Waals surface area (Å²) in [7, 11) is 0. The third-order valence-electron chi connectivity index (χ3n) is 5.50. The number of carbonyl (C=O) groups is 3. The van der Waals surface area contributed by atoms with Crippen LogP contribution in [-0.2, 0) is 20.9 Å². The highest BCUT2D eigenvalue weighted by Gasteiger charge is 2.39. The highest BCUT2D eigenvalue weighted by Crippen LogP contribution is 2.41. The Labute approximate surface area is 169 Å². The van der Waals surface area contributed by atoms with Gasteiger partial charge in [0, 0.05) is 44.1 Å². The Kier molecular flexibility index (Phi) is 4.86. The van der Waals surface area contributed by atoms with Crippen LogP contribution in [0.15, 0.2) is 30.6 Å². The predicted octanol–water partition coefficient (Wildman–Crippen LogP) is 1.92. The van der Waals surface area contributed by atoms with E-state index in [9.17, 15) is 14.4 Å². The van der Waals surface area contributed by atoms with Crippen molar-refractivity contribution in [3.05, 3.63) is 30.6 Å². The molecule has 2 aromatic rings. The van der Waals surface area contributed by atoms with Gasteiger partial charge < -0.3 is 15.5 Å². The zero-order valence-corrected chi connectivity index (χ0v) is 16.7. The number of fused-ring (bicyclic) bond motifs is 1. The van der Waals surface area contributed by atoms with Crippen molar-refractivity contribution in [1.82, 2.24) is 9.78 Å². The number of amides is 3. The third kappa shape index (κ3) is 3.74. The van der Waals surface area contributed by atoms with E-state index in [0.717, 1.165) is 35.3 Å². The van der Waals surface area contributed by atoms with Crippen LogP contribution in [0.3, 0.4) is 0 Å². The average Bonchev–Trinajstić information content (AvgIpc) is 3.42. The molecule has 2 heterocycles. The van der Waals surface area contributed by atoms with Crippen LogP contribution in [0, 0.1) is 5.92 Å². The van der Waals surface area contributed by atoms with E-state index in [1.807, 2.05) is 36.2 Å². The quantitative estimate of drug-likeness (QED) is 0.836. The highest BCUT2D eigenvalue weighted by molar-refractivity contribution is 6.06. The lowest BCUT2D eigenvalue weighted by molar-refractivity contribution is -0.120. The van der Waals surface area contributed by atoms with Crippen molar-refractivity contribution in [1.29, 1.82) is 0 Å². The number of aryl methyl sites for hydroxylation is 1. The van der Waals surface area contributed by atoms with Crippen molar-refractivity contribution in [2.45, 2.75) is 45.7 Å². The van der Waals surface area contributed by atoms with Crippen molar-refractivity contribution in [3.8, 4) is 11.1 Å². The molecule has 3 amide bonds. The Bertz CT molecular complexity index is 978. The van der Waals surface area contributed by atoms with E-state index in [1.54, 1.807) is 22.7 Å². The first-order valence-corrected chi connectivity index (χ1v) is 9.91. The van der Waals surface area contributed by atoms with E-state index in [-0.39, 0.29) is 36.1 Å². The molecule has 1 atom stereocenters. The van der Waals surface area contributed by atoms with E-state index < -0.39 is 0 Å². The van der Waals surface area contributed by atoms with Gasteiger partial charge in [-0.15, -0.1) is 0 Å². The largest absolute Gasteiger partial charge is 0.370 e. The molecule has 1 aliphatic carbocycles. The molecule has 0 spiro atoms. The Hall–Kier alpha value is -3.16. The fourth-order valence-corrected chi connectivity index (χ4v) is 3.90. The van der Waals surface area contributed by atoms with E-state index in [0.29, 0.717) is 13.1 Å². The van der Waals surface area contributed by atoms with Gasteiger partial charge in [0.2, 0.25) is 17.7 Å². The maximum atomic E-state index is 12.9. The second kappa shape index (κ2) is 7.35. The lowest BCUT2D eigenvalue weighted by Crippen LogP contribution is -2.51. The summed E-state index contributed by atoms with van der Waals surface area (Å²) in [5, 5.41) is 4.29. The number of anilines is 2. The summed E-state index contributed by atoms with van der Waals surface area (Å²) in [5.41, 5.74) is 8.51. The van der Waals surface area contributed by atoms with Crippen LogP contribution < -0.4 is 15.5 Å². The van der Waals surface area contributed by atoms with Crippen LogP contribution in [0.4, 0.5) is 11.4 Å². The number of aromatic nitrogens is 2. The van der Waals surface area contributed by atoms with Gasteiger partial charge in [-0.2, -0.15) is 5.10 Å². The van der Waals surface area contributed by atoms with E-state index in [4.69, 9.17) is 5.73 Å². The van der Waals surface area contributed by atoms with Gasteiger partial charge in [-0.25, -0.2) is 0 Å². The summed E-state index contributed by atoms with van der Waals surface area (Å²) < 4.78 is 1.68. The Morgan fingerprint density at radius 3 is 2.59 bits per heavy atom. The molecule has 1 aliphatic heterocycles. The highest BCUT2D eigenvalue weighted by atomic mass is 16.2. The number of hydrogen-bond donors (Lipinski definition) is 1. The number of nitrogens with zero attached hydrogens (tertiary/aromatic N) is 4. The molecule has 1 saturated carbocycles. The molecule has 1 aromatic carbocycles. The predicted molar refractivity (Wildman–Crippen MR) is 109 cm³/mol. The van der Waals surface area contributed by atoms with E-state index in [1.165, 1.54) is 0 Å². The molecule has 2 aliphatic rings. The summed E-state index contributed by atoms with van der Waals surface area (Å²) in [6.07, 6.45) is 5.67. The molecule has 8 heteroatoms. The minimum atomic E-state index is -0.372. The molecule has 0 unspecified atom stereocenters. The van der Waals surface area contributed by atoms with Crippen LogP contribution in [-0.4, -0.2) is 40.1 Å². The fourth-order valence-electron chi connectivity index (χ4n) is 3.90. The minimum Gasteiger partial charge on any atom is -0.370 e. The zero-order valence-electron chi connectivity index (χ0n) is 16.7. The lowest BCUT2D eigenvalue weighted by Gasteiger charge is -2.41. The van der Waals surface area contributed by atoms with Crippen LogP contribution in [0.1, 0.15) is 33.1 Å². The molecule has 0 saturated heterocycles. The Morgan fingerprint density at radius 2 is 1.93 bits per heavy atom. The summed E-state index contributed by atoms with van der Waals surface area (Å²) in [6.45, 7) is 4.43. The second-order valence-corrected chi connectivity index (χ2v) is 7.87. The molecule has 29 heavy (non-hydrogen) atoms. The molecule has 4 rings (SSSR count). The maximum Gasteiger partial charge on any atom is 0.230 e. The first-order chi connectivity index (χ1) is 13.8. The van der Waals surface area contributed by atoms with Crippen molar-refractivity contribution in [2.75, 3.05) is 16.3 Å². The minimum absolute atomic E-state index is 0.0377. The fraction of sp³-hybridized carbons (Fsp3) is 0.429. The van der Waals surface area contributed by atoms with Crippen molar-refractivity contribution in [3.63, 3.8) is 0 Å². The summed E-state index contributed by atoms with van der Waals surface area (Å²) in [6, 6.07) is 5.70. The molecular formula is C21H25N5O3. The Balaban J connectivity index is 1.70. The van der Waals surface area contributed by atoms with Crippen LogP contribution in [0.5, 0.6) is 0 Å². The molecule has 1 aromatic heterocycles. The number of hydrogen-bond acceptors (Lipinski definition) is 4. The number of primary amides is 1. The number of nitrogens with two attached hydrogens (primary N) is 1. The van der Waals surface area contributed by atoms with Gasteiger partial charge in [-0.1, -0.05) is 6.07 Å². The zero-order chi connectivity index (χ0) is 20.7. The average molecular weight is 395 g/mol. The molecular weight excluding hydrogens is 370 g/mol. The van der Waals surface area contributed by atoms with Gasteiger partial charge in [-0.05, 0) is 37.5 Å². The second-order valence-electron chi connectivity index (χ2n) is 7.87. The van der Waals surface area contributed by atoms with Gasteiger partial charge in [0.1, 0.15) is 0 Å². The number of carbonyl (C=O) groups excluding carboxylic acids is 3. The molecule has 0 radical (unpaired) electrons. The van der Waals surface area contributed by atoms with Crippen LogP contribution >= 0.6 is 0 Å². The van der Waals surface area contributed by atoms with Gasteiger partial charge in [0.05, 0.1) is 23.6 Å². The third-order valence-corrected chi connectivity index (χ3v) is 5.50. The lowest BCUT2D eigenvalue weighted by atomic mass is 10.0. The number of benzene rings is 1. The van der Waals surface area contributed by atoms with E-state index >= 15 is 0 Å². The van der Waals surface area contributed by atoms with Crippen molar-refractivity contribution < 1.29 is 14.4 Å². The number of rotatable bonds is 5. The van der Waals surface area contributed by atoms with Gasteiger partial charge in [-0.3, -0.25) is 19.1 Å². The van der Waals surface area contributed by atoms with Gasteiger partial charge in [0.15, 0.2) is 0 Å². The van der Waals surface area contributed by atoms with Crippen LogP contribution in [0.2, 0.25) is 0 Å². The molecule has 1 fully saturated rings. The Morgan fingerprint density at radius 1 is 1.17 bits per heavy atom. The topological polar surface area (TPSA) is 102 Å². The first kappa shape index (κ1) is 19.2. The van der Waals surface area contributed by atoms with Crippen molar-refractivity contribution in [2.24, 2.45) is 11.7 Å².